The van der Waals surface area contributed by atoms with Crippen LogP contribution in [0.15, 0.2) is 34.1 Å². The molecule has 2 aliphatic carbocycles. The van der Waals surface area contributed by atoms with E-state index in [1.165, 1.54) is 33.8 Å². The first kappa shape index (κ1) is 31.9. The number of carbonyl (C=O) groups excluding carboxylic acids is 5. The van der Waals surface area contributed by atoms with Crippen molar-refractivity contribution >= 4 is 29.7 Å². The molecule has 0 aromatic heterocycles. The quantitative estimate of drug-likeness (QED) is 0.293. The Hall–Kier alpha value is -3.31. The van der Waals surface area contributed by atoms with Crippen LogP contribution in [0.5, 0.6) is 0 Å². The Morgan fingerprint density at radius 1 is 0.923 bits per heavy atom. The van der Waals surface area contributed by atoms with Gasteiger partial charge in [0.2, 0.25) is 0 Å². The molecule has 2 rings (SSSR count). The smallest absolute Gasteiger partial charge is 0.307 e. The fourth-order valence-electron chi connectivity index (χ4n) is 5.28. The summed E-state index contributed by atoms with van der Waals surface area (Å²) in [5.41, 5.74) is -0.0521. The van der Waals surface area contributed by atoms with Gasteiger partial charge >= 0.3 is 23.9 Å². The molecule has 2 bridgehead atoms. The lowest BCUT2D eigenvalue weighted by Gasteiger charge is -2.48. The molecule has 39 heavy (non-hydrogen) atoms. The molecule has 0 amide bonds. The molecular formula is C28H38O11. The van der Waals surface area contributed by atoms with Gasteiger partial charge in [0.25, 0.3) is 0 Å². The van der Waals surface area contributed by atoms with Gasteiger partial charge in [-0.25, -0.2) is 0 Å². The Morgan fingerprint density at radius 2 is 1.51 bits per heavy atom. The molecule has 2 N–H and O–H groups in total. The maximum atomic E-state index is 13.2. The van der Waals surface area contributed by atoms with E-state index in [1.807, 2.05) is 0 Å². The second kappa shape index (κ2) is 12.7. The highest BCUT2D eigenvalue weighted by molar-refractivity contribution is 5.96. The van der Waals surface area contributed by atoms with Crippen molar-refractivity contribution in [2.24, 2.45) is 11.3 Å². The van der Waals surface area contributed by atoms with Crippen molar-refractivity contribution in [2.75, 3.05) is 6.61 Å². The highest BCUT2D eigenvalue weighted by atomic mass is 16.6. The van der Waals surface area contributed by atoms with Crippen LogP contribution in [0.2, 0.25) is 0 Å². The standard InChI is InChI=1S/C28H38O11/c1-13-21(33)11-22(34)19(12-36-15(3)29)9-23(35)20-10-24(37-16(4)30)14(2)25(28(20,7)8)27(39-18(6)32)26(13)38-17(5)31/h9,20-21,23-24,27,33,35H,10-12H2,1-8H3/b19-9+,26-13+/t20-,21+,23-,24-,27+/m0/s1. The van der Waals surface area contributed by atoms with E-state index in [0.717, 1.165) is 6.92 Å². The lowest BCUT2D eigenvalue weighted by molar-refractivity contribution is -0.151. The van der Waals surface area contributed by atoms with Gasteiger partial charge in [-0.15, -0.1) is 0 Å². The van der Waals surface area contributed by atoms with Gasteiger partial charge in [-0.3, -0.25) is 24.0 Å². The molecule has 0 saturated carbocycles. The summed E-state index contributed by atoms with van der Waals surface area (Å²) in [7, 11) is 0. The highest BCUT2D eigenvalue weighted by Crippen LogP contribution is 2.51. The number of Topliss-reactive ketones (excluding diaryl/α,β-unsaturated/α-hetero) is 1. The first-order valence-corrected chi connectivity index (χ1v) is 12.6. The number of fused-ring (bicyclic) bond motifs is 2. The summed E-state index contributed by atoms with van der Waals surface area (Å²) in [6.45, 7) is 11.0. The summed E-state index contributed by atoms with van der Waals surface area (Å²) < 4.78 is 21.8. The average Bonchev–Trinajstić information content (AvgIpc) is 2.79. The lowest BCUT2D eigenvalue weighted by atomic mass is 9.60. The van der Waals surface area contributed by atoms with Gasteiger partial charge in [0, 0.05) is 45.6 Å². The third kappa shape index (κ3) is 7.63. The fraction of sp³-hybridized carbons (Fsp3) is 0.607. The first-order valence-electron chi connectivity index (χ1n) is 12.6. The highest BCUT2D eigenvalue weighted by Gasteiger charge is 2.50. The summed E-state index contributed by atoms with van der Waals surface area (Å²) in [6.07, 6.45) is -4.07. The SMILES string of the molecule is CC(=O)OC/C1=C\[C@H](O)[C@@H]2C[C@H](OC(C)=O)C(C)=C([C@@H](OC(C)=O)/C(OC(C)=O)=C(/C)[C@H](O)CC1=O)C2(C)C. The molecule has 0 spiro atoms. The predicted molar refractivity (Wildman–Crippen MR) is 137 cm³/mol. The minimum absolute atomic E-state index is 0.0386. The van der Waals surface area contributed by atoms with Crippen LogP contribution >= 0.6 is 0 Å². The molecule has 11 heteroatoms. The number of ether oxygens (including phenoxy) is 4. The number of rotatable bonds is 5. The van der Waals surface area contributed by atoms with Gasteiger partial charge in [-0.05, 0) is 48.5 Å². The van der Waals surface area contributed by atoms with Crippen LogP contribution < -0.4 is 0 Å². The third-order valence-electron chi connectivity index (χ3n) is 7.18. The fourth-order valence-corrected chi connectivity index (χ4v) is 5.28. The molecule has 2 aliphatic rings. The van der Waals surface area contributed by atoms with E-state index in [1.54, 1.807) is 20.8 Å². The summed E-state index contributed by atoms with van der Waals surface area (Å²) >= 11 is 0. The van der Waals surface area contributed by atoms with Crippen LogP contribution in [0.25, 0.3) is 0 Å². The molecule has 0 aromatic rings. The molecule has 0 radical (unpaired) electrons. The number of aliphatic hydroxyl groups excluding tert-OH is 2. The normalized spacial score (nSPS) is 30.7. The van der Waals surface area contributed by atoms with E-state index in [0.29, 0.717) is 11.1 Å². The Kier molecular flexibility index (Phi) is 10.4. The zero-order valence-corrected chi connectivity index (χ0v) is 23.7. The van der Waals surface area contributed by atoms with Crippen LogP contribution in [-0.4, -0.2) is 70.9 Å². The van der Waals surface area contributed by atoms with Crippen molar-refractivity contribution in [3.05, 3.63) is 34.1 Å². The summed E-state index contributed by atoms with van der Waals surface area (Å²) in [5.74, 6) is -4.23. The number of esters is 4. The van der Waals surface area contributed by atoms with Crippen LogP contribution in [0, 0.1) is 11.3 Å². The molecule has 0 heterocycles. The van der Waals surface area contributed by atoms with Gasteiger partial charge in [-0.1, -0.05) is 13.8 Å². The lowest BCUT2D eigenvalue weighted by Crippen LogP contribution is -2.48. The number of hydrogen-bond acceptors (Lipinski definition) is 11. The Labute approximate surface area is 227 Å². The molecule has 5 atom stereocenters. The summed E-state index contributed by atoms with van der Waals surface area (Å²) in [6, 6.07) is 0. The third-order valence-corrected chi connectivity index (χ3v) is 7.18. The molecule has 0 aliphatic heterocycles. The summed E-state index contributed by atoms with van der Waals surface area (Å²) in [5, 5.41) is 22.5. The molecule has 0 fully saturated rings. The van der Waals surface area contributed by atoms with E-state index >= 15 is 0 Å². The van der Waals surface area contributed by atoms with Crippen LogP contribution in [0.1, 0.15) is 68.2 Å². The first-order chi connectivity index (χ1) is 18.0. The van der Waals surface area contributed by atoms with Gasteiger partial charge in [0.15, 0.2) is 17.6 Å². The zero-order chi connectivity index (χ0) is 29.8. The van der Waals surface area contributed by atoms with E-state index in [-0.39, 0.29) is 23.3 Å². The van der Waals surface area contributed by atoms with E-state index in [9.17, 15) is 34.2 Å². The van der Waals surface area contributed by atoms with Gasteiger partial charge in [-0.2, -0.15) is 0 Å². The Balaban J connectivity index is 2.96. The zero-order valence-electron chi connectivity index (χ0n) is 23.7. The largest absolute Gasteiger partial charge is 0.461 e. The minimum atomic E-state index is -1.49. The van der Waals surface area contributed by atoms with Crippen molar-refractivity contribution in [3.63, 3.8) is 0 Å². The van der Waals surface area contributed by atoms with Crippen LogP contribution in [0.3, 0.4) is 0 Å². The molecule has 0 saturated heterocycles. The second-order valence-corrected chi connectivity index (χ2v) is 10.5. The van der Waals surface area contributed by atoms with Crippen molar-refractivity contribution in [2.45, 2.75) is 92.6 Å². The molecule has 0 aromatic carbocycles. The van der Waals surface area contributed by atoms with Crippen molar-refractivity contribution in [3.8, 4) is 0 Å². The Bertz CT molecular complexity index is 1120. The minimum Gasteiger partial charge on any atom is -0.461 e. The maximum Gasteiger partial charge on any atom is 0.307 e. The van der Waals surface area contributed by atoms with Crippen molar-refractivity contribution in [1.82, 2.24) is 0 Å². The van der Waals surface area contributed by atoms with Gasteiger partial charge in [0.05, 0.1) is 12.2 Å². The number of aliphatic hydroxyl groups is 2. The molecular weight excluding hydrogens is 512 g/mol. The van der Waals surface area contributed by atoms with Crippen molar-refractivity contribution < 1.29 is 53.1 Å². The predicted octanol–water partition coefficient (Wildman–Crippen LogP) is 2.23. The Morgan fingerprint density at radius 3 is 2.03 bits per heavy atom. The number of hydrogen-bond donors (Lipinski definition) is 2. The second-order valence-electron chi connectivity index (χ2n) is 10.5. The number of carbonyl (C=O) groups is 5. The molecule has 216 valence electrons. The molecule has 11 nitrogen and oxygen atoms in total. The molecule has 0 unspecified atom stereocenters. The van der Waals surface area contributed by atoms with E-state index in [2.05, 4.69) is 0 Å². The van der Waals surface area contributed by atoms with E-state index in [4.69, 9.17) is 18.9 Å². The van der Waals surface area contributed by atoms with Gasteiger partial charge in [0.1, 0.15) is 12.7 Å². The number of ketones is 1. The van der Waals surface area contributed by atoms with Crippen molar-refractivity contribution in [1.29, 1.82) is 0 Å². The van der Waals surface area contributed by atoms with E-state index < -0.39 is 78.4 Å². The van der Waals surface area contributed by atoms with Crippen LogP contribution in [0.4, 0.5) is 0 Å². The monoisotopic (exact) mass is 550 g/mol. The summed E-state index contributed by atoms with van der Waals surface area (Å²) in [4.78, 5) is 61.2. The maximum absolute atomic E-state index is 13.2. The topological polar surface area (TPSA) is 163 Å². The average molecular weight is 551 g/mol. The van der Waals surface area contributed by atoms with Gasteiger partial charge < -0.3 is 29.2 Å². The van der Waals surface area contributed by atoms with Crippen LogP contribution in [-0.2, 0) is 42.9 Å².